The summed E-state index contributed by atoms with van der Waals surface area (Å²) in [6, 6.07) is 35.4. The molecule has 0 radical (unpaired) electrons. The van der Waals surface area contributed by atoms with Gasteiger partial charge in [-0.3, -0.25) is 0 Å². The van der Waals surface area contributed by atoms with Crippen molar-refractivity contribution in [2.75, 3.05) is 53.2 Å². The molecule has 0 fully saturated rings. The van der Waals surface area contributed by atoms with Crippen LogP contribution in [0.4, 0.5) is 45.5 Å². The van der Waals surface area contributed by atoms with Gasteiger partial charge in [0.15, 0.2) is 0 Å². The van der Waals surface area contributed by atoms with E-state index in [2.05, 4.69) is 151 Å². The van der Waals surface area contributed by atoms with E-state index in [1.54, 1.807) is 6.92 Å². The van der Waals surface area contributed by atoms with Crippen LogP contribution < -0.4 is 44.0 Å². The summed E-state index contributed by atoms with van der Waals surface area (Å²) in [7, 11) is 0. The maximum Gasteiger partial charge on any atom is -0.147 e. The standard InChI is InChI=1S/C27H31N3OSe.C26H32N4Se.2ClH/c1-4-30(5-2)20-14-15-23-25(17-20)32-26-18-24(28-16-10-6-7-11-19(3)31)21-12-8-9-13-22(21)27(26)29-23;1-3-30(4-2)19-13-14-22-24(17-19)31-25-18-23(28-16-10-6-5-9-15-27)20-11-7-8-12-21(20)26(25)29-22;;/h8-9,12-18,29H,4-7,10-11H2,1-3H3;7-8,11-14,16-18,29H,3-6,9-10,15,27H2,1-2H3;2*1H. The third-order valence-electron chi connectivity index (χ3n) is 11.7. The van der Waals surface area contributed by atoms with Crippen molar-refractivity contribution < 1.29 is 4.79 Å². The number of carbonyl (C=O) groups is 1. The minimum atomic E-state index is 0. The van der Waals surface area contributed by atoms with E-state index in [4.69, 9.17) is 15.7 Å². The van der Waals surface area contributed by atoms with Crippen molar-refractivity contribution in [3.63, 3.8) is 0 Å². The van der Waals surface area contributed by atoms with Gasteiger partial charge in [0.1, 0.15) is 0 Å². The first-order chi connectivity index (χ1) is 30.8. The number of Topliss-reactive ketones (excluding diaryl/α,β-unsaturated/α-hetero) is 1. The predicted octanol–water partition coefficient (Wildman–Crippen LogP) is 10.7. The predicted molar refractivity (Wildman–Crippen MR) is 292 cm³/mol. The van der Waals surface area contributed by atoms with E-state index in [0.717, 1.165) is 82.6 Å². The zero-order chi connectivity index (χ0) is 44.1. The summed E-state index contributed by atoms with van der Waals surface area (Å²) >= 11 is 0.462. The number of nitrogens with zero attached hydrogens (tertiary/aromatic N) is 4. The van der Waals surface area contributed by atoms with Gasteiger partial charge in [-0.25, -0.2) is 0 Å². The summed E-state index contributed by atoms with van der Waals surface area (Å²) in [5.74, 6) is 0.266. The molecule has 0 spiro atoms. The van der Waals surface area contributed by atoms with Crippen LogP contribution in [0.25, 0.3) is 21.5 Å². The summed E-state index contributed by atoms with van der Waals surface area (Å²) in [5.41, 5.74) is 15.3. The second-order valence-corrected chi connectivity index (χ2v) is 20.5. The van der Waals surface area contributed by atoms with Crippen LogP contribution in [0.3, 0.4) is 0 Å². The second kappa shape index (κ2) is 25.5. The molecule has 65 heavy (non-hydrogen) atoms. The molecule has 2 aliphatic rings. The molecule has 12 heteroatoms. The Balaban J connectivity index is 0.000000237. The Morgan fingerprint density at radius 1 is 0.569 bits per heavy atom. The zero-order valence-electron chi connectivity index (χ0n) is 38.5. The minimum Gasteiger partial charge on any atom is -0.147 e. The van der Waals surface area contributed by atoms with Crippen molar-refractivity contribution in [1.82, 2.24) is 0 Å². The normalized spacial score (nSPS) is 12.2. The first-order valence-corrected chi connectivity index (χ1v) is 26.3. The molecule has 2 heterocycles. The fourth-order valence-electron chi connectivity index (χ4n) is 8.26. The number of nitrogens with two attached hydrogens (primary N) is 1. The molecule has 4 N–H and O–H groups in total. The van der Waals surface area contributed by atoms with Crippen molar-refractivity contribution in [3.8, 4) is 0 Å². The summed E-state index contributed by atoms with van der Waals surface area (Å²) in [6.45, 7) is 15.4. The van der Waals surface area contributed by atoms with Gasteiger partial charge in [-0.05, 0) is 0 Å². The minimum absolute atomic E-state index is 0. The molecule has 0 bridgehead atoms. The third kappa shape index (κ3) is 12.7. The van der Waals surface area contributed by atoms with Crippen LogP contribution in [0, 0.1) is 0 Å². The van der Waals surface area contributed by atoms with Crippen molar-refractivity contribution in [2.45, 2.75) is 86.0 Å². The number of anilines is 6. The average molecular weight is 1040 g/mol. The Labute approximate surface area is 411 Å². The summed E-state index contributed by atoms with van der Waals surface area (Å²) < 4.78 is 5.54. The molecule has 0 atom stereocenters. The number of nitrogens with one attached hydrogen (secondary N) is 2. The molecule has 8 nitrogen and oxygen atoms in total. The zero-order valence-corrected chi connectivity index (χ0v) is 43.6. The van der Waals surface area contributed by atoms with Crippen LogP contribution in [0.5, 0.6) is 0 Å². The molecule has 0 unspecified atom stereocenters. The topological polar surface area (TPSA) is 98.4 Å². The van der Waals surface area contributed by atoms with Crippen molar-refractivity contribution in [2.24, 2.45) is 15.7 Å². The fourth-order valence-corrected chi connectivity index (χ4v) is 12.8. The Kier molecular flexibility index (Phi) is 20.3. The number of hydrogen-bond acceptors (Lipinski definition) is 8. The molecular weight excluding hydrogens is 979 g/mol. The van der Waals surface area contributed by atoms with E-state index in [0.29, 0.717) is 6.42 Å². The number of rotatable bonds is 18. The Morgan fingerprint density at radius 2 is 1.00 bits per heavy atom. The van der Waals surface area contributed by atoms with Gasteiger partial charge in [0, 0.05) is 0 Å². The summed E-state index contributed by atoms with van der Waals surface area (Å²) in [6.07, 6.45) is 12.0. The van der Waals surface area contributed by atoms with E-state index in [-0.39, 0.29) is 60.5 Å². The van der Waals surface area contributed by atoms with Crippen LogP contribution in [-0.4, -0.2) is 80.8 Å². The molecule has 0 aliphatic carbocycles. The van der Waals surface area contributed by atoms with Crippen molar-refractivity contribution >= 4 is 158 Å². The first kappa shape index (κ1) is 51.6. The molecule has 0 amide bonds. The first-order valence-electron chi connectivity index (χ1n) is 22.9. The Morgan fingerprint density at radius 3 is 1.42 bits per heavy atom. The SMILES string of the molecule is CCN(CC)c1ccc2c(c1)[Se]c1cc(N=CCCCCC(C)=O)c3ccccc3c1N2.CCN(CC)c1ccc2c(c1)[Se]c1cc(N=CCCCCCN)c3ccccc3c1N2.Cl.Cl. The largest absolute Gasteiger partial charge is 0.147 e. The third-order valence-corrected chi connectivity index (χ3v) is 16.3. The maximum absolute atomic E-state index is 11.1. The molecule has 8 rings (SSSR count). The smallest absolute Gasteiger partial charge is 0.147 e. The maximum atomic E-state index is 11.1. The number of halogens is 2. The van der Waals surface area contributed by atoms with Crippen molar-refractivity contribution in [1.29, 1.82) is 0 Å². The van der Waals surface area contributed by atoms with Crippen molar-refractivity contribution in [3.05, 3.63) is 97.1 Å². The number of fused-ring (bicyclic) bond motifs is 8. The summed E-state index contributed by atoms with van der Waals surface area (Å²) in [4.78, 5) is 25.7. The van der Waals surface area contributed by atoms with Gasteiger partial charge in [-0.1, -0.05) is 0 Å². The number of aliphatic imine (C=N–C) groups is 2. The van der Waals surface area contributed by atoms with Gasteiger partial charge in [-0.15, -0.1) is 24.8 Å². The molecule has 6 aromatic rings. The van der Waals surface area contributed by atoms with E-state index >= 15 is 0 Å². The molecule has 0 saturated carbocycles. The van der Waals surface area contributed by atoms with Gasteiger partial charge in [0.25, 0.3) is 0 Å². The van der Waals surface area contributed by atoms with Crippen LogP contribution in [-0.2, 0) is 4.79 Å². The van der Waals surface area contributed by atoms with E-state index in [1.807, 2.05) is 6.21 Å². The Bertz CT molecular complexity index is 2590. The number of ketones is 1. The van der Waals surface area contributed by atoms with Gasteiger partial charge in [0.2, 0.25) is 0 Å². The van der Waals surface area contributed by atoms with Gasteiger partial charge in [0.05, 0.1) is 0 Å². The molecule has 0 aromatic heterocycles. The molecule has 0 saturated heterocycles. The molecular formula is C53H65Cl2N7OSe2. The van der Waals surface area contributed by atoms with Crippen LogP contribution in [0.15, 0.2) is 107 Å². The van der Waals surface area contributed by atoms with Crippen LogP contribution in [0.1, 0.15) is 86.0 Å². The number of carbonyl (C=O) groups excluding carboxylic acids is 1. The van der Waals surface area contributed by atoms with E-state index in [1.165, 1.54) is 79.9 Å². The quantitative estimate of drug-likeness (QED) is 0.0450. The van der Waals surface area contributed by atoms with Crippen LogP contribution >= 0.6 is 24.8 Å². The molecule has 2 aliphatic heterocycles. The van der Waals surface area contributed by atoms with E-state index < -0.39 is 0 Å². The fraction of sp³-hybridized carbons (Fsp3) is 0.340. The van der Waals surface area contributed by atoms with Gasteiger partial charge in [-0.2, -0.15) is 0 Å². The van der Waals surface area contributed by atoms with E-state index in [9.17, 15) is 4.79 Å². The molecule has 344 valence electrons. The number of benzene rings is 6. The Hall–Kier alpha value is -4.37. The van der Waals surface area contributed by atoms with Gasteiger partial charge >= 0.3 is 390 Å². The van der Waals surface area contributed by atoms with Gasteiger partial charge < -0.3 is 0 Å². The second-order valence-electron chi connectivity index (χ2n) is 16.0. The summed E-state index contributed by atoms with van der Waals surface area (Å²) in [5, 5.41) is 12.3. The number of hydrogen-bond donors (Lipinski definition) is 3. The molecule has 6 aromatic carbocycles. The van der Waals surface area contributed by atoms with Crippen LogP contribution in [0.2, 0.25) is 0 Å². The average Bonchev–Trinajstić information content (AvgIpc) is 3.31. The number of unbranched alkanes of at least 4 members (excludes halogenated alkanes) is 5. The monoisotopic (exact) mass is 1050 g/mol.